The van der Waals surface area contributed by atoms with Crippen LogP contribution in [0, 0.1) is 6.92 Å². The topological polar surface area (TPSA) is 71.8 Å². The van der Waals surface area contributed by atoms with Crippen LogP contribution in [-0.2, 0) is 11.2 Å². The molecule has 0 aliphatic carbocycles. The highest BCUT2D eigenvalue weighted by Gasteiger charge is 2.12. The minimum atomic E-state index is 0.250. The maximum absolute atomic E-state index is 8.58. The van der Waals surface area contributed by atoms with E-state index in [1.54, 1.807) is 0 Å². The SMILES string of the molecule is CC.CC.CCCc1cc(-c2c[nH]c3ccc(C)cc23)nc2ccc(Cl)cc12.NC=O. The lowest BCUT2D eigenvalue weighted by Gasteiger charge is -2.09. The lowest BCUT2D eigenvalue weighted by Crippen LogP contribution is -1.92. The molecule has 2 heterocycles. The molecule has 0 fully saturated rings. The summed E-state index contributed by atoms with van der Waals surface area (Å²) in [7, 11) is 0. The molecule has 0 radical (unpaired) electrons. The number of nitrogens with two attached hydrogens (primary N) is 1. The number of carbonyl (C=O) groups is 1. The van der Waals surface area contributed by atoms with E-state index in [1.165, 1.54) is 16.5 Å². The predicted molar refractivity (Wildman–Crippen MR) is 136 cm³/mol. The number of aromatic nitrogens is 2. The van der Waals surface area contributed by atoms with E-state index in [1.807, 2.05) is 45.9 Å². The molecule has 2 aromatic heterocycles. The van der Waals surface area contributed by atoms with E-state index in [-0.39, 0.29) is 6.41 Å². The molecule has 0 bridgehead atoms. The number of benzene rings is 2. The van der Waals surface area contributed by atoms with Crippen LogP contribution < -0.4 is 5.73 Å². The molecule has 4 aromatic rings. The van der Waals surface area contributed by atoms with Crippen molar-refractivity contribution in [1.29, 1.82) is 0 Å². The summed E-state index contributed by atoms with van der Waals surface area (Å²) in [6.45, 7) is 12.3. The average Bonchev–Trinajstić information content (AvgIpc) is 3.20. The Bertz CT molecular complexity index is 1100. The number of hydrogen-bond donors (Lipinski definition) is 2. The van der Waals surface area contributed by atoms with Gasteiger partial charge in [0.1, 0.15) is 0 Å². The Kier molecular flexibility index (Phi) is 11.4. The molecule has 5 heteroatoms. The van der Waals surface area contributed by atoms with Crippen LogP contribution in [0.15, 0.2) is 48.7 Å². The van der Waals surface area contributed by atoms with Gasteiger partial charge in [-0.25, -0.2) is 4.98 Å². The van der Waals surface area contributed by atoms with Crippen molar-refractivity contribution < 1.29 is 4.79 Å². The van der Waals surface area contributed by atoms with E-state index in [9.17, 15) is 0 Å². The fourth-order valence-corrected chi connectivity index (χ4v) is 3.50. The van der Waals surface area contributed by atoms with Gasteiger partial charge in [-0.2, -0.15) is 0 Å². The maximum atomic E-state index is 8.58. The highest BCUT2D eigenvalue weighted by atomic mass is 35.5. The number of primary amides is 1. The van der Waals surface area contributed by atoms with E-state index in [2.05, 4.69) is 55.0 Å². The third kappa shape index (κ3) is 6.56. The first-order chi connectivity index (χ1) is 15.1. The van der Waals surface area contributed by atoms with Crippen molar-refractivity contribution in [1.82, 2.24) is 9.97 Å². The van der Waals surface area contributed by atoms with Crippen molar-refractivity contribution in [3.05, 3.63) is 64.8 Å². The van der Waals surface area contributed by atoms with Crippen LogP contribution in [0.1, 0.15) is 52.2 Å². The van der Waals surface area contributed by atoms with Crippen molar-refractivity contribution in [2.24, 2.45) is 5.73 Å². The molecule has 31 heavy (non-hydrogen) atoms. The van der Waals surface area contributed by atoms with Gasteiger partial charge in [0.25, 0.3) is 0 Å². The maximum Gasteiger partial charge on any atom is 0.204 e. The molecule has 3 N–H and O–H groups in total. The Labute approximate surface area is 190 Å². The molecule has 4 nitrogen and oxygen atoms in total. The quantitative estimate of drug-likeness (QED) is 0.325. The van der Waals surface area contributed by atoms with Gasteiger partial charge in [0.15, 0.2) is 0 Å². The zero-order valence-corrected chi connectivity index (χ0v) is 20.2. The van der Waals surface area contributed by atoms with Gasteiger partial charge in [-0.05, 0) is 55.3 Å². The molecule has 0 atom stereocenters. The lowest BCUT2D eigenvalue weighted by atomic mass is 10.0. The van der Waals surface area contributed by atoms with E-state index in [0.29, 0.717) is 0 Å². The van der Waals surface area contributed by atoms with Gasteiger partial charge in [-0.1, -0.05) is 64.3 Å². The van der Waals surface area contributed by atoms with Gasteiger partial charge in [-0.3, -0.25) is 4.79 Å². The number of hydrogen-bond acceptors (Lipinski definition) is 2. The molecular weight excluding hydrogens is 406 g/mol. The Hall–Kier alpha value is -2.85. The molecule has 0 aliphatic rings. The number of fused-ring (bicyclic) bond motifs is 2. The van der Waals surface area contributed by atoms with E-state index >= 15 is 0 Å². The molecule has 1 amide bonds. The first kappa shape index (κ1) is 26.2. The molecule has 2 aromatic carbocycles. The van der Waals surface area contributed by atoms with Crippen molar-refractivity contribution >= 4 is 39.8 Å². The zero-order chi connectivity index (χ0) is 23.4. The van der Waals surface area contributed by atoms with E-state index in [4.69, 9.17) is 21.4 Å². The highest BCUT2D eigenvalue weighted by Crippen LogP contribution is 2.32. The predicted octanol–water partition coefficient (Wildman–Crippen LogP) is 7.45. The minimum Gasteiger partial charge on any atom is -0.372 e. The summed E-state index contributed by atoms with van der Waals surface area (Å²) < 4.78 is 0. The Morgan fingerprint density at radius 3 is 2.35 bits per heavy atom. The number of H-pyrrole nitrogens is 1. The third-order valence-corrected chi connectivity index (χ3v) is 4.72. The van der Waals surface area contributed by atoms with Crippen LogP contribution in [-0.4, -0.2) is 16.4 Å². The van der Waals surface area contributed by atoms with Gasteiger partial charge in [0.2, 0.25) is 6.41 Å². The molecule has 0 unspecified atom stereocenters. The number of aryl methyl sites for hydroxylation is 2. The highest BCUT2D eigenvalue weighted by molar-refractivity contribution is 6.31. The molecular formula is C26H34ClN3O. The monoisotopic (exact) mass is 439 g/mol. The van der Waals surface area contributed by atoms with Crippen LogP contribution in [0.5, 0.6) is 0 Å². The number of halogens is 1. The molecule has 4 rings (SSSR count). The number of carbonyl (C=O) groups excluding carboxylic acids is 1. The average molecular weight is 440 g/mol. The van der Waals surface area contributed by atoms with Gasteiger partial charge in [0.05, 0.1) is 11.2 Å². The second-order valence-corrected chi connectivity index (χ2v) is 6.90. The van der Waals surface area contributed by atoms with Crippen LogP contribution in [0.3, 0.4) is 0 Å². The van der Waals surface area contributed by atoms with Crippen molar-refractivity contribution in [3.8, 4) is 11.3 Å². The number of pyridine rings is 1. The summed E-state index contributed by atoms with van der Waals surface area (Å²) in [6, 6.07) is 14.6. The van der Waals surface area contributed by atoms with Gasteiger partial charge in [-0.15, -0.1) is 0 Å². The van der Waals surface area contributed by atoms with Crippen LogP contribution in [0.4, 0.5) is 0 Å². The summed E-state index contributed by atoms with van der Waals surface area (Å²) in [5, 5.41) is 3.14. The zero-order valence-electron chi connectivity index (χ0n) is 19.4. The Morgan fingerprint density at radius 1 is 1.03 bits per heavy atom. The summed E-state index contributed by atoms with van der Waals surface area (Å²) in [5.74, 6) is 0. The second-order valence-electron chi connectivity index (χ2n) is 6.47. The first-order valence-electron chi connectivity index (χ1n) is 10.9. The summed E-state index contributed by atoms with van der Waals surface area (Å²) in [4.78, 5) is 16.8. The Balaban J connectivity index is 0.000000620. The first-order valence-corrected chi connectivity index (χ1v) is 11.3. The lowest BCUT2D eigenvalue weighted by molar-refractivity contribution is -0.106. The van der Waals surface area contributed by atoms with Gasteiger partial charge >= 0.3 is 0 Å². The van der Waals surface area contributed by atoms with Crippen LogP contribution >= 0.6 is 11.6 Å². The molecule has 0 saturated heterocycles. The second kappa shape index (κ2) is 13.5. The fourth-order valence-electron chi connectivity index (χ4n) is 3.33. The van der Waals surface area contributed by atoms with E-state index in [0.717, 1.165) is 45.5 Å². The number of amides is 1. The summed E-state index contributed by atoms with van der Waals surface area (Å²) in [5.41, 5.74) is 11.0. The largest absolute Gasteiger partial charge is 0.372 e. The number of rotatable bonds is 3. The number of nitrogens with one attached hydrogen (secondary N) is 1. The molecule has 166 valence electrons. The standard InChI is InChI=1S/C21H19ClN2.2C2H6.CH3NO/c1-3-4-14-10-21(24-20-8-6-15(22)11-16(14)20)18-12-23-19-7-5-13(2)9-17(18)19;2*1-2;2-1-3/h5-12,23H,3-4H2,1-2H3;2*1-2H3;1H,(H2,2,3). The van der Waals surface area contributed by atoms with Crippen molar-refractivity contribution in [3.63, 3.8) is 0 Å². The van der Waals surface area contributed by atoms with Gasteiger partial charge < -0.3 is 10.7 Å². The van der Waals surface area contributed by atoms with Crippen LogP contribution in [0.25, 0.3) is 33.1 Å². The van der Waals surface area contributed by atoms with Crippen molar-refractivity contribution in [2.45, 2.75) is 54.4 Å². The molecule has 0 spiro atoms. The van der Waals surface area contributed by atoms with Gasteiger partial charge in [0, 0.05) is 33.1 Å². The third-order valence-electron chi connectivity index (χ3n) is 4.49. The molecule has 0 aliphatic heterocycles. The van der Waals surface area contributed by atoms with Crippen LogP contribution in [0.2, 0.25) is 5.02 Å². The smallest absolute Gasteiger partial charge is 0.204 e. The van der Waals surface area contributed by atoms with Crippen molar-refractivity contribution in [2.75, 3.05) is 0 Å². The summed E-state index contributed by atoms with van der Waals surface area (Å²) >= 11 is 6.19. The summed E-state index contributed by atoms with van der Waals surface area (Å²) in [6.07, 6.45) is 4.43. The number of nitrogens with zero attached hydrogens (tertiary/aromatic N) is 1. The van der Waals surface area contributed by atoms with E-state index < -0.39 is 0 Å². The minimum absolute atomic E-state index is 0.250. The Morgan fingerprint density at radius 2 is 1.71 bits per heavy atom. The normalized spacial score (nSPS) is 9.65. The molecule has 0 saturated carbocycles. The number of aromatic amines is 1. The fraction of sp³-hybridized carbons (Fsp3) is 0.308.